The van der Waals surface area contributed by atoms with Crippen LogP contribution in [0.15, 0.2) is 35.5 Å². The Morgan fingerprint density at radius 1 is 1.21 bits per heavy atom. The van der Waals surface area contributed by atoms with Crippen LogP contribution in [0.5, 0.6) is 0 Å². The summed E-state index contributed by atoms with van der Waals surface area (Å²) in [6.07, 6.45) is 3.55. The number of hydrogen-bond acceptors (Lipinski definition) is 4. The first kappa shape index (κ1) is 20.4. The van der Waals surface area contributed by atoms with Gasteiger partial charge in [-0.3, -0.25) is 9.80 Å². The quantitative estimate of drug-likeness (QED) is 0.763. The molecule has 2 heterocycles. The van der Waals surface area contributed by atoms with E-state index in [2.05, 4.69) is 10.2 Å². The number of ether oxygens (including phenoxy) is 1. The van der Waals surface area contributed by atoms with Crippen LogP contribution in [0, 0.1) is 6.92 Å². The van der Waals surface area contributed by atoms with Gasteiger partial charge in [0, 0.05) is 18.8 Å². The molecule has 0 spiro atoms. The molecule has 1 unspecified atom stereocenters. The number of urea groups is 1. The monoisotopic (exact) mass is 385 g/mol. The van der Waals surface area contributed by atoms with E-state index in [1.54, 1.807) is 4.90 Å². The number of benzene rings is 1. The van der Waals surface area contributed by atoms with Gasteiger partial charge >= 0.3 is 12.0 Å². The number of hydrogen-bond donors (Lipinski definition) is 1. The van der Waals surface area contributed by atoms with E-state index in [-0.39, 0.29) is 12.0 Å². The normalized spacial score (nSPS) is 20.9. The number of esters is 1. The number of piperidine rings is 1. The highest BCUT2D eigenvalue weighted by Gasteiger charge is 2.38. The predicted octanol–water partition coefficient (Wildman–Crippen LogP) is 3.38. The molecule has 0 aliphatic carbocycles. The number of likely N-dealkylation sites (N-methyl/N-ethyl adjacent to an activating group) is 1. The SMILES string of the molecule is CCOC(=O)C1=C(CN2CCCCC2)N(CC)C(=O)NC1c1cccc(C)c1. The van der Waals surface area contributed by atoms with Crippen molar-refractivity contribution in [2.45, 2.75) is 46.1 Å². The van der Waals surface area contributed by atoms with E-state index in [0.29, 0.717) is 25.3 Å². The molecule has 1 aromatic carbocycles. The zero-order valence-corrected chi connectivity index (χ0v) is 17.2. The molecule has 1 atom stereocenters. The fourth-order valence-corrected chi connectivity index (χ4v) is 4.09. The molecular formula is C22H31N3O3. The van der Waals surface area contributed by atoms with Gasteiger partial charge < -0.3 is 10.1 Å². The number of nitrogens with one attached hydrogen (secondary N) is 1. The molecule has 0 bridgehead atoms. The van der Waals surface area contributed by atoms with Crippen LogP contribution in [-0.4, -0.2) is 54.6 Å². The van der Waals surface area contributed by atoms with E-state index < -0.39 is 6.04 Å². The maximum atomic E-state index is 13.0. The van der Waals surface area contributed by atoms with E-state index in [0.717, 1.165) is 42.8 Å². The van der Waals surface area contributed by atoms with Crippen LogP contribution in [-0.2, 0) is 9.53 Å². The smallest absolute Gasteiger partial charge is 0.338 e. The van der Waals surface area contributed by atoms with Crippen LogP contribution in [0.2, 0.25) is 0 Å². The summed E-state index contributed by atoms with van der Waals surface area (Å²) in [5.41, 5.74) is 3.33. The predicted molar refractivity (Wildman–Crippen MR) is 109 cm³/mol. The molecule has 6 nitrogen and oxygen atoms in total. The molecule has 2 aliphatic rings. The van der Waals surface area contributed by atoms with Gasteiger partial charge in [-0.05, 0) is 52.3 Å². The van der Waals surface area contributed by atoms with Crippen LogP contribution in [0.4, 0.5) is 4.79 Å². The highest BCUT2D eigenvalue weighted by Crippen LogP contribution is 2.32. The van der Waals surface area contributed by atoms with E-state index in [9.17, 15) is 9.59 Å². The molecular weight excluding hydrogens is 354 g/mol. The maximum absolute atomic E-state index is 13.0. The molecule has 2 amide bonds. The first-order chi connectivity index (χ1) is 13.5. The Balaban J connectivity index is 2.08. The standard InChI is InChI=1S/C22H31N3O3/c1-4-25-18(15-24-12-7-6-8-13-24)19(21(26)28-5-2)20(23-22(25)27)17-11-9-10-16(3)14-17/h9-11,14,20H,4-8,12-13,15H2,1-3H3,(H,23,27). The molecule has 1 saturated heterocycles. The van der Waals surface area contributed by atoms with Crippen molar-refractivity contribution >= 4 is 12.0 Å². The average Bonchev–Trinajstić information content (AvgIpc) is 2.68. The first-order valence-corrected chi connectivity index (χ1v) is 10.3. The second-order valence-corrected chi connectivity index (χ2v) is 7.46. The molecule has 0 aromatic heterocycles. The van der Waals surface area contributed by atoms with Crippen LogP contribution in [0.3, 0.4) is 0 Å². The van der Waals surface area contributed by atoms with Gasteiger partial charge in [-0.2, -0.15) is 0 Å². The third-order valence-electron chi connectivity index (χ3n) is 5.45. The molecule has 152 valence electrons. The Morgan fingerprint density at radius 3 is 2.61 bits per heavy atom. The van der Waals surface area contributed by atoms with E-state index in [1.165, 1.54) is 6.42 Å². The van der Waals surface area contributed by atoms with Gasteiger partial charge in [0.05, 0.1) is 18.2 Å². The van der Waals surface area contributed by atoms with Gasteiger partial charge in [0.15, 0.2) is 0 Å². The van der Waals surface area contributed by atoms with Crippen LogP contribution in [0.1, 0.15) is 50.3 Å². The zero-order valence-electron chi connectivity index (χ0n) is 17.2. The number of likely N-dealkylation sites (tertiary alicyclic amines) is 1. The lowest BCUT2D eigenvalue weighted by atomic mass is 9.93. The van der Waals surface area contributed by atoms with Crippen molar-refractivity contribution in [3.63, 3.8) is 0 Å². The highest BCUT2D eigenvalue weighted by molar-refractivity contribution is 5.95. The summed E-state index contributed by atoms with van der Waals surface area (Å²) < 4.78 is 5.42. The van der Waals surface area contributed by atoms with Crippen molar-refractivity contribution in [1.29, 1.82) is 0 Å². The molecule has 0 saturated carbocycles. The lowest BCUT2D eigenvalue weighted by Gasteiger charge is -2.39. The Labute approximate surface area is 167 Å². The largest absolute Gasteiger partial charge is 0.463 e. The Kier molecular flexibility index (Phi) is 6.73. The third kappa shape index (κ3) is 4.38. The molecule has 6 heteroatoms. The Morgan fingerprint density at radius 2 is 1.96 bits per heavy atom. The van der Waals surface area contributed by atoms with Crippen molar-refractivity contribution in [1.82, 2.24) is 15.1 Å². The van der Waals surface area contributed by atoms with E-state index in [4.69, 9.17) is 4.74 Å². The average molecular weight is 386 g/mol. The summed E-state index contributed by atoms with van der Waals surface area (Å²) in [5.74, 6) is -0.348. The van der Waals surface area contributed by atoms with Gasteiger partial charge in [-0.15, -0.1) is 0 Å². The van der Waals surface area contributed by atoms with E-state index in [1.807, 2.05) is 45.0 Å². The second-order valence-electron chi connectivity index (χ2n) is 7.46. The molecule has 1 N–H and O–H groups in total. The molecule has 1 fully saturated rings. The van der Waals surface area contributed by atoms with Crippen LogP contribution >= 0.6 is 0 Å². The Hall–Kier alpha value is -2.34. The lowest BCUT2D eigenvalue weighted by Crippen LogP contribution is -2.51. The summed E-state index contributed by atoms with van der Waals surface area (Å²) in [5, 5.41) is 3.03. The molecule has 3 rings (SSSR count). The van der Waals surface area contributed by atoms with Crippen LogP contribution in [0.25, 0.3) is 0 Å². The minimum absolute atomic E-state index is 0.158. The number of carbonyl (C=O) groups is 2. The first-order valence-electron chi connectivity index (χ1n) is 10.3. The molecule has 28 heavy (non-hydrogen) atoms. The second kappa shape index (κ2) is 9.24. The molecule has 1 aromatic rings. The summed E-state index contributed by atoms with van der Waals surface area (Å²) >= 11 is 0. The number of aryl methyl sites for hydroxylation is 1. The third-order valence-corrected chi connectivity index (χ3v) is 5.45. The van der Waals surface area contributed by atoms with Crippen molar-refractivity contribution in [3.05, 3.63) is 46.7 Å². The fraction of sp³-hybridized carbons (Fsp3) is 0.545. The van der Waals surface area contributed by atoms with Crippen molar-refractivity contribution in [2.75, 3.05) is 32.8 Å². The number of amides is 2. The summed E-state index contributed by atoms with van der Waals surface area (Å²) in [7, 11) is 0. The zero-order chi connectivity index (χ0) is 20.1. The number of rotatable bonds is 6. The van der Waals surface area contributed by atoms with Crippen molar-refractivity contribution in [3.8, 4) is 0 Å². The van der Waals surface area contributed by atoms with Crippen LogP contribution < -0.4 is 5.32 Å². The number of carbonyl (C=O) groups excluding carboxylic acids is 2. The van der Waals surface area contributed by atoms with Gasteiger partial charge in [-0.25, -0.2) is 9.59 Å². The van der Waals surface area contributed by atoms with Gasteiger partial charge in [-0.1, -0.05) is 36.2 Å². The van der Waals surface area contributed by atoms with Crippen molar-refractivity contribution in [2.24, 2.45) is 0 Å². The number of nitrogens with zero attached hydrogens (tertiary/aromatic N) is 2. The maximum Gasteiger partial charge on any atom is 0.338 e. The highest BCUT2D eigenvalue weighted by atomic mass is 16.5. The summed E-state index contributed by atoms with van der Waals surface area (Å²) in [6.45, 7) is 9.15. The lowest BCUT2D eigenvalue weighted by molar-refractivity contribution is -0.139. The summed E-state index contributed by atoms with van der Waals surface area (Å²) in [4.78, 5) is 29.9. The topological polar surface area (TPSA) is 61.9 Å². The molecule has 2 aliphatic heterocycles. The van der Waals surface area contributed by atoms with Gasteiger partial charge in [0.1, 0.15) is 0 Å². The molecule has 0 radical (unpaired) electrons. The van der Waals surface area contributed by atoms with Gasteiger partial charge in [0.2, 0.25) is 0 Å². The minimum atomic E-state index is -0.492. The summed E-state index contributed by atoms with van der Waals surface area (Å²) in [6, 6.07) is 7.29. The van der Waals surface area contributed by atoms with Crippen molar-refractivity contribution < 1.29 is 14.3 Å². The minimum Gasteiger partial charge on any atom is -0.463 e. The van der Waals surface area contributed by atoms with E-state index >= 15 is 0 Å². The fourth-order valence-electron chi connectivity index (χ4n) is 4.09. The Bertz CT molecular complexity index is 753. The van der Waals surface area contributed by atoms with Gasteiger partial charge in [0.25, 0.3) is 0 Å².